The van der Waals surface area contributed by atoms with Crippen molar-refractivity contribution in [3.63, 3.8) is 0 Å². The van der Waals surface area contributed by atoms with E-state index in [1.165, 1.54) is 12.1 Å². The first kappa shape index (κ1) is 13.2. The Morgan fingerprint density at radius 1 is 1.28 bits per heavy atom. The van der Waals surface area contributed by atoms with Crippen LogP contribution < -0.4 is 9.03 Å². The van der Waals surface area contributed by atoms with Crippen LogP contribution in [0.15, 0.2) is 47.1 Å². The number of nitrogens with zero attached hydrogens (tertiary/aromatic N) is 2. The molecule has 0 atom stereocenters. The highest BCUT2D eigenvalue weighted by Gasteiger charge is 2.04. The van der Waals surface area contributed by atoms with Gasteiger partial charge in [-0.1, -0.05) is 18.2 Å². The molecule has 0 unspecified atom stereocenters. The highest BCUT2D eigenvalue weighted by Crippen LogP contribution is 2.24. The molecule has 0 amide bonds. The highest BCUT2D eigenvalue weighted by molar-refractivity contribution is 9.10. The minimum Gasteiger partial charge on any atom is -0.310 e. The number of anilines is 2. The average Bonchev–Trinajstić information content (AvgIpc) is 2.40. The summed E-state index contributed by atoms with van der Waals surface area (Å²) in [5.41, 5.74) is 3.14. The van der Waals surface area contributed by atoms with Crippen molar-refractivity contribution in [2.45, 2.75) is 6.92 Å². The third-order valence-corrected chi connectivity index (χ3v) is 3.70. The van der Waals surface area contributed by atoms with Gasteiger partial charge < -0.3 is 9.03 Å². The Bertz CT molecular complexity index is 519. The smallest absolute Gasteiger partial charge is 0.0682 e. The van der Waals surface area contributed by atoms with Gasteiger partial charge in [-0.25, -0.2) is 0 Å². The fourth-order valence-electron chi connectivity index (χ4n) is 1.42. The van der Waals surface area contributed by atoms with E-state index in [2.05, 4.69) is 42.1 Å². The number of hydrogen-bond acceptors (Lipinski definition) is 4. The monoisotopic (exact) mass is 323 g/mol. The second-order valence-electron chi connectivity index (χ2n) is 3.81. The fourth-order valence-corrected chi connectivity index (χ4v) is 2.42. The molecule has 2 aromatic rings. The number of pyridine rings is 1. The zero-order chi connectivity index (χ0) is 13.0. The third-order valence-electron chi connectivity index (χ3n) is 2.47. The summed E-state index contributed by atoms with van der Waals surface area (Å²) in [6, 6.07) is 12.2. The van der Waals surface area contributed by atoms with E-state index in [0.29, 0.717) is 0 Å². The summed E-state index contributed by atoms with van der Waals surface area (Å²) in [6.07, 6.45) is 1.80. The molecule has 1 heterocycles. The lowest BCUT2D eigenvalue weighted by Crippen LogP contribution is -2.10. The summed E-state index contributed by atoms with van der Waals surface area (Å²) in [4.78, 5) is 4.29. The van der Waals surface area contributed by atoms with Crippen molar-refractivity contribution >= 4 is 39.4 Å². The van der Waals surface area contributed by atoms with Gasteiger partial charge in [-0.3, -0.25) is 4.98 Å². The molecule has 1 N–H and O–H groups in total. The van der Waals surface area contributed by atoms with Gasteiger partial charge in [0.25, 0.3) is 0 Å². The van der Waals surface area contributed by atoms with Crippen molar-refractivity contribution in [1.82, 2.24) is 4.98 Å². The highest BCUT2D eigenvalue weighted by atomic mass is 79.9. The van der Waals surface area contributed by atoms with Crippen LogP contribution in [-0.2, 0) is 0 Å². The zero-order valence-electron chi connectivity index (χ0n) is 10.2. The standard InChI is InChI=1S/C13H14BrN3S/c1-10-13(8-11(14)9-15-10)16-18-17(2)12-6-4-3-5-7-12/h3-9,16H,1-2H3. The van der Waals surface area contributed by atoms with Crippen LogP contribution in [0, 0.1) is 6.92 Å². The largest absolute Gasteiger partial charge is 0.310 e. The van der Waals surface area contributed by atoms with Crippen LogP contribution in [-0.4, -0.2) is 12.0 Å². The van der Waals surface area contributed by atoms with Crippen molar-refractivity contribution in [3.05, 3.63) is 52.8 Å². The maximum Gasteiger partial charge on any atom is 0.0682 e. The number of hydrogen-bond donors (Lipinski definition) is 1. The number of nitrogens with one attached hydrogen (secondary N) is 1. The van der Waals surface area contributed by atoms with E-state index in [-0.39, 0.29) is 0 Å². The maximum absolute atomic E-state index is 4.29. The molecule has 0 aliphatic carbocycles. The first-order valence-electron chi connectivity index (χ1n) is 5.51. The van der Waals surface area contributed by atoms with Crippen molar-refractivity contribution in [2.24, 2.45) is 0 Å². The normalized spacial score (nSPS) is 10.2. The van der Waals surface area contributed by atoms with Gasteiger partial charge in [-0.2, -0.15) is 0 Å². The molecule has 0 radical (unpaired) electrons. The van der Waals surface area contributed by atoms with E-state index >= 15 is 0 Å². The molecule has 0 aliphatic heterocycles. The summed E-state index contributed by atoms with van der Waals surface area (Å²) in [6.45, 7) is 1.98. The first-order chi connectivity index (χ1) is 8.66. The van der Waals surface area contributed by atoms with E-state index in [1.54, 1.807) is 6.20 Å². The molecule has 0 saturated heterocycles. The molecule has 2 rings (SSSR count). The Morgan fingerprint density at radius 3 is 2.72 bits per heavy atom. The third kappa shape index (κ3) is 3.40. The van der Waals surface area contributed by atoms with Crippen LogP contribution >= 0.6 is 28.1 Å². The van der Waals surface area contributed by atoms with Crippen LogP contribution in [0.4, 0.5) is 11.4 Å². The Morgan fingerprint density at radius 2 is 2.00 bits per heavy atom. The van der Waals surface area contributed by atoms with Crippen LogP contribution in [0.25, 0.3) is 0 Å². The molecule has 0 saturated carbocycles. The molecule has 0 spiro atoms. The lowest BCUT2D eigenvalue weighted by atomic mass is 10.3. The minimum atomic E-state index is 0.971. The molecular weight excluding hydrogens is 310 g/mol. The van der Waals surface area contributed by atoms with Gasteiger partial charge in [-0.15, -0.1) is 0 Å². The van der Waals surface area contributed by atoms with E-state index in [9.17, 15) is 0 Å². The molecule has 0 aliphatic rings. The van der Waals surface area contributed by atoms with E-state index in [1.807, 2.05) is 38.2 Å². The quantitative estimate of drug-likeness (QED) is 0.851. The molecule has 0 fully saturated rings. The zero-order valence-corrected chi connectivity index (χ0v) is 12.6. The molecule has 5 heteroatoms. The Kier molecular flexibility index (Phi) is 4.49. The summed E-state index contributed by atoms with van der Waals surface area (Å²) in [7, 11) is 2.02. The maximum atomic E-state index is 4.29. The molecular formula is C13H14BrN3S. The van der Waals surface area contributed by atoms with Gasteiger partial charge in [-0.05, 0) is 41.1 Å². The van der Waals surface area contributed by atoms with E-state index in [0.717, 1.165) is 21.5 Å². The van der Waals surface area contributed by atoms with Gasteiger partial charge >= 0.3 is 0 Å². The molecule has 1 aromatic heterocycles. The molecule has 94 valence electrons. The number of aryl methyl sites for hydroxylation is 1. The lowest BCUT2D eigenvalue weighted by Gasteiger charge is -2.18. The number of aromatic nitrogens is 1. The van der Waals surface area contributed by atoms with E-state index in [4.69, 9.17) is 0 Å². The number of rotatable bonds is 4. The summed E-state index contributed by atoms with van der Waals surface area (Å²) in [5, 5.41) is 0. The number of benzene rings is 1. The second kappa shape index (κ2) is 6.11. The average molecular weight is 324 g/mol. The van der Waals surface area contributed by atoms with Crippen LogP contribution in [0.3, 0.4) is 0 Å². The van der Waals surface area contributed by atoms with Crippen molar-refractivity contribution in [3.8, 4) is 0 Å². The van der Waals surface area contributed by atoms with Gasteiger partial charge in [0.05, 0.1) is 23.5 Å². The second-order valence-corrected chi connectivity index (χ2v) is 5.66. The summed E-state index contributed by atoms with van der Waals surface area (Å²) < 4.78 is 6.34. The van der Waals surface area contributed by atoms with Gasteiger partial charge in [0, 0.05) is 23.4 Å². The molecule has 3 nitrogen and oxygen atoms in total. The van der Waals surface area contributed by atoms with Crippen LogP contribution in [0.1, 0.15) is 5.69 Å². The van der Waals surface area contributed by atoms with E-state index < -0.39 is 0 Å². The predicted molar refractivity (Wildman–Crippen MR) is 82.7 cm³/mol. The van der Waals surface area contributed by atoms with Gasteiger partial charge in [0.15, 0.2) is 0 Å². The fraction of sp³-hybridized carbons (Fsp3) is 0.154. The number of para-hydroxylation sites is 1. The van der Waals surface area contributed by atoms with Gasteiger partial charge in [0.1, 0.15) is 0 Å². The number of halogens is 1. The molecule has 18 heavy (non-hydrogen) atoms. The van der Waals surface area contributed by atoms with Crippen LogP contribution in [0.5, 0.6) is 0 Å². The Balaban J connectivity index is 2.01. The molecule has 1 aromatic carbocycles. The Labute approximate surface area is 120 Å². The molecule has 0 bridgehead atoms. The van der Waals surface area contributed by atoms with Crippen molar-refractivity contribution in [1.29, 1.82) is 0 Å². The SMILES string of the molecule is Cc1ncc(Br)cc1NSN(C)c1ccccc1. The Hall–Kier alpha value is -1.20. The summed E-state index contributed by atoms with van der Waals surface area (Å²) >= 11 is 4.95. The van der Waals surface area contributed by atoms with Crippen molar-refractivity contribution in [2.75, 3.05) is 16.1 Å². The minimum absolute atomic E-state index is 0.971. The predicted octanol–water partition coefficient (Wildman–Crippen LogP) is 4.26. The first-order valence-corrected chi connectivity index (χ1v) is 7.07. The lowest BCUT2D eigenvalue weighted by molar-refractivity contribution is 1.19. The van der Waals surface area contributed by atoms with Crippen molar-refractivity contribution < 1.29 is 0 Å². The van der Waals surface area contributed by atoms with Gasteiger partial charge in [0.2, 0.25) is 0 Å². The summed E-state index contributed by atoms with van der Waals surface area (Å²) in [5.74, 6) is 0. The van der Waals surface area contributed by atoms with Crippen LogP contribution in [0.2, 0.25) is 0 Å². The topological polar surface area (TPSA) is 28.2 Å².